The molecule has 0 unspecified atom stereocenters. The smallest absolute Gasteiger partial charge is 0.266 e. The van der Waals surface area contributed by atoms with Crippen LogP contribution < -0.4 is 10.6 Å². The van der Waals surface area contributed by atoms with Crippen molar-refractivity contribution in [1.82, 2.24) is 5.32 Å². The van der Waals surface area contributed by atoms with Crippen LogP contribution in [0.2, 0.25) is 0 Å². The third kappa shape index (κ3) is 3.68. The van der Waals surface area contributed by atoms with Gasteiger partial charge in [-0.1, -0.05) is 30.3 Å². The van der Waals surface area contributed by atoms with Crippen molar-refractivity contribution >= 4 is 28.8 Å². The second-order valence-electron chi connectivity index (χ2n) is 6.31. The molecule has 1 heterocycles. The average molecular weight is 362 g/mol. The number of hydrogen-bond acceptors (Lipinski definition) is 3. The monoisotopic (exact) mass is 362 g/mol. The zero-order chi connectivity index (χ0) is 17.9. The Balaban J connectivity index is 1.47. The number of anilines is 1. The van der Waals surface area contributed by atoms with Gasteiger partial charge in [0.2, 0.25) is 0 Å². The maximum absolute atomic E-state index is 12.7. The molecule has 2 N–H and O–H groups in total. The van der Waals surface area contributed by atoms with E-state index in [2.05, 4.69) is 10.6 Å². The third-order valence-corrected chi connectivity index (χ3v) is 5.19. The normalized spacial score (nSPS) is 13.2. The fraction of sp³-hybridized carbons (Fsp3) is 0.143. The van der Waals surface area contributed by atoms with Gasteiger partial charge in [-0.15, -0.1) is 11.3 Å². The van der Waals surface area contributed by atoms with Crippen molar-refractivity contribution in [2.75, 3.05) is 5.32 Å². The summed E-state index contributed by atoms with van der Waals surface area (Å²) in [6.45, 7) is 0. The lowest BCUT2D eigenvalue weighted by molar-refractivity contribution is 0.0950. The van der Waals surface area contributed by atoms with E-state index in [-0.39, 0.29) is 11.8 Å². The predicted octanol–water partition coefficient (Wildman–Crippen LogP) is 4.56. The van der Waals surface area contributed by atoms with E-state index in [0.717, 1.165) is 24.0 Å². The Bertz CT molecular complexity index is 928. The van der Waals surface area contributed by atoms with Gasteiger partial charge in [0.15, 0.2) is 0 Å². The van der Waals surface area contributed by atoms with Crippen LogP contribution in [0.1, 0.15) is 32.9 Å². The van der Waals surface area contributed by atoms with Gasteiger partial charge in [0, 0.05) is 22.9 Å². The molecule has 0 bridgehead atoms. The summed E-state index contributed by atoms with van der Waals surface area (Å²) in [6.07, 6.45) is 2.12. The lowest BCUT2D eigenvalue weighted by Crippen LogP contribution is -2.25. The van der Waals surface area contributed by atoms with Crippen molar-refractivity contribution in [3.8, 4) is 11.1 Å². The number of carbonyl (C=O) groups is 2. The Morgan fingerprint density at radius 3 is 2.31 bits per heavy atom. The molecule has 2 amide bonds. The average Bonchev–Trinajstić information content (AvgIpc) is 3.34. The van der Waals surface area contributed by atoms with Gasteiger partial charge in [0.25, 0.3) is 11.8 Å². The van der Waals surface area contributed by atoms with E-state index < -0.39 is 0 Å². The number of thiophene rings is 1. The molecule has 1 aromatic heterocycles. The van der Waals surface area contributed by atoms with Gasteiger partial charge in [0.05, 0.1) is 4.88 Å². The van der Waals surface area contributed by atoms with Crippen LogP contribution in [-0.2, 0) is 0 Å². The maximum Gasteiger partial charge on any atom is 0.266 e. The summed E-state index contributed by atoms with van der Waals surface area (Å²) in [5.41, 5.74) is 3.22. The minimum Gasteiger partial charge on any atom is -0.349 e. The SMILES string of the molecule is O=C(NC1CC1)c1ccc(NC(=O)c2sccc2-c2ccccc2)cc1. The lowest BCUT2D eigenvalue weighted by atomic mass is 10.1. The molecular weight excluding hydrogens is 344 g/mol. The van der Waals surface area contributed by atoms with Gasteiger partial charge in [0.1, 0.15) is 0 Å². The topological polar surface area (TPSA) is 58.2 Å². The van der Waals surface area contributed by atoms with E-state index in [9.17, 15) is 9.59 Å². The van der Waals surface area contributed by atoms with Crippen molar-refractivity contribution in [3.63, 3.8) is 0 Å². The zero-order valence-corrected chi connectivity index (χ0v) is 14.9. The molecule has 1 aliphatic rings. The summed E-state index contributed by atoms with van der Waals surface area (Å²) in [4.78, 5) is 25.4. The predicted molar refractivity (Wildman–Crippen MR) is 105 cm³/mol. The summed E-state index contributed by atoms with van der Waals surface area (Å²) in [5.74, 6) is -0.205. The first-order valence-corrected chi connectivity index (χ1v) is 9.44. The first-order valence-electron chi connectivity index (χ1n) is 8.56. The number of rotatable bonds is 5. The van der Waals surface area contributed by atoms with Crippen LogP contribution in [0.15, 0.2) is 66.0 Å². The minimum absolute atomic E-state index is 0.0602. The van der Waals surface area contributed by atoms with Crippen LogP contribution in [0.4, 0.5) is 5.69 Å². The molecule has 1 saturated carbocycles. The molecule has 4 nitrogen and oxygen atoms in total. The zero-order valence-electron chi connectivity index (χ0n) is 14.1. The molecule has 0 spiro atoms. The van der Waals surface area contributed by atoms with Crippen LogP contribution >= 0.6 is 11.3 Å². The molecule has 1 aliphatic carbocycles. The van der Waals surface area contributed by atoms with Crippen molar-refractivity contribution in [2.24, 2.45) is 0 Å². The van der Waals surface area contributed by atoms with E-state index >= 15 is 0 Å². The molecule has 130 valence electrons. The second kappa shape index (κ2) is 7.14. The highest BCUT2D eigenvalue weighted by Gasteiger charge is 2.23. The quantitative estimate of drug-likeness (QED) is 0.699. The summed E-state index contributed by atoms with van der Waals surface area (Å²) < 4.78 is 0. The molecule has 3 aromatic rings. The van der Waals surface area contributed by atoms with Crippen LogP contribution in [0, 0.1) is 0 Å². The van der Waals surface area contributed by atoms with Crippen molar-refractivity contribution in [1.29, 1.82) is 0 Å². The molecule has 0 saturated heterocycles. The van der Waals surface area contributed by atoms with E-state index in [1.807, 2.05) is 41.8 Å². The molecule has 2 aromatic carbocycles. The molecule has 1 fully saturated rings. The summed E-state index contributed by atoms with van der Waals surface area (Å²) >= 11 is 1.42. The Morgan fingerprint density at radius 1 is 0.885 bits per heavy atom. The van der Waals surface area contributed by atoms with Gasteiger partial charge in [-0.3, -0.25) is 9.59 Å². The highest BCUT2D eigenvalue weighted by Crippen LogP contribution is 2.29. The second-order valence-corrected chi connectivity index (χ2v) is 7.22. The number of hydrogen-bond donors (Lipinski definition) is 2. The Morgan fingerprint density at radius 2 is 1.62 bits per heavy atom. The molecule has 0 atom stereocenters. The third-order valence-electron chi connectivity index (χ3n) is 4.27. The minimum atomic E-state index is -0.144. The Kier molecular flexibility index (Phi) is 4.54. The number of benzene rings is 2. The Hall–Kier alpha value is -2.92. The van der Waals surface area contributed by atoms with E-state index in [1.165, 1.54) is 11.3 Å². The highest BCUT2D eigenvalue weighted by atomic mass is 32.1. The van der Waals surface area contributed by atoms with E-state index in [0.29, 0.717) is 22.2 Å². The molecule has 0 radical (unpaired) electrons. The first kappa shape index (κ1) is 16.5. The van der Waals surface area contributed by atoms with Gasteiger partial charge >= 0.3 is 0 Å². The Labute approximate surface area is 155 Å². The van der Waals surface area contributed by atoms with Crippen molar-refractivity contribution < 1.29 is 9.59 Å². The van der Waals surface area contributed by atoms with Gasteiger partial charge in [-0.25, -0.2) is 0 Å². The summed E-state index contributed by atoms with van der Waals surface area (Å²) in [5, 5.41) is 7.79. The van der Waals surface area contributed by atoms with Crippen molar-refractivity contribution in [3.05, 3.63) is 76.5 Å². The van der Waals surface area contributed by atoms with Gasteiger partial charge < -0.3 is 10.6 Å². The highest BCUT2D eigenvalue weighted by molar-refractivity contribution is 7.12. The largest absolute Gasteiger partial charge is 0.349 e. The van der Waals surface area contributed by atoms with Gasteiger partial charge in [-0.05, 0) is 54.1 Å². The number of nitrogens with one attached hydrogen (secondary N) is 2. The summed E-state index contributed by atoms with van der Waals surface area (Å²) in [7, 11) is 0. The van der Waals surface area contributed by atoms with E-state index in [1.54, 1.807) is 24.3 Å². The maximum atomic E-state index is 12.7. The van der Waals surface area contributed by atoms with Crippen LogP contribution in [0.25, 0.3) is 11.1 Å². The molecule has 0 aliphatic heterocycles. The summed E-state index contributed by atoms with van der Waals surface area (Å²) in [6, 6.07) is 19.1. The molecule has 4 rings (SSSR count). The number of amides is 2. The van der Waals surface area contributed by atoms with Crippen LogP contribution in [0.5, 0.6) is 0 Å². The first-order chi connectivity index (χ1) is 12.7. The van der Waals surface area contributed by atoms with Crippen molar-refractivity contribution in [2.45, 2.75) is 18.9 Å². The van der Waals surface area contributed by atoms with E-state index in [4.69, 9.17) is 0 Å². The van der Waals surface area contributed by atoms with Crippen LogP contribution in [-0.4, -0.2) is 17.9 Å². The fourth-order valence-corrected chi connectivity index (χ4v) is 3.53. The number of carbonyl (C=O) groups excluding carboxylic acids is 2. The standard InChI is InChI=1S/C21H18N2O2S/c24-20(22-17-10-11-17)15-6-8-16(9-7-15)23-21(25)19-18(12-13-26-19)14-4-2-1-3-5-14/h1-9,12-13,17H,10-11H2,(H,22,24)(H,23,25). The van der Waals surface area contributed by atoms with Gasteiger partial charge in [-0.2, -0.15) is 0 Å². The fourth-order valence-electron chi connectivity index (χ4n) is 2.72. The molecule has 5 heteroatoms. The lowest BCUT2D eigenvalue weighted by Gasteiger charge is -2.08. The van der Waals surface area contributed by atoms with Crippen LogP contribution in [0.3, 0.4) is 0 Å². The molecular formula is C21H18N2O2S. The molecule has 26 heavy (non-hydrogen) atoms.